The minimum absolute atomic E-state index is 0.237. The van der Waals surface area contributed by atoms with Crippen LogP contribution in [-0.4, -0.2) is 18.3 Å². The zero-order valence-electron chi connectivity index (χ0n) is 8.94. The third kappa shape index (κ3) is 1.79. The van der Waals surface area contributed by atoms with Gasteiger partial charge in [0.15, 0.2) is 11.5 Å². The summed E-state index contributed by atoms with van der Waals surface area (Å²) in [5.41, 5.74) is 6.79. The highest BCUT2D eigenvalue weighted by atomic mass is 16.5. The van der Waals surface area contributed by atoms with Gasteiger partial charge < -0.3 is 15.6 Å². The molecule has 0 fully saturated rings. The highest BCUT2D eigenvalue weighted by molar-refractivity contribution is 5.48. The largest absolute Gasteiger partial charge is 0.504 e. The van der Waals surface area contributed by atoms with Crippen LogP contribution in [0.2, 0.25) is 0 Å². The van der Waals surface area contributed by atoms with Crippen LogP contribution in [0.3, 0.4) is 0 Å². The van der Waals surface area contributed by atoms with E-state index in [1.165, 1.54) is 0 Å². The van der Waals surface area contributed by atoms with Crippen molar-refractivity contribution in [3.8, 4) is 11.5 Å². The Kier molecular flexibility index (Phi) is 2.82. The first kappa shape index (κ1) is 10.3. The molecular formula is C12H17NO2. The van der Waals surface area contributed by atoms with Gasteiger partial charge in [0, 0.05) is 5.56 Å². The second kappa shape index (κ2) is 4.11. The van der Waals surface area contributed by atoms with Gasteiger partial charge in [-0.1, -0.05) is 19.1 Å². The van der Waals surface area contributed by atoms with E-state index in [0.29, 0.717) is 30.7 Å². The molecule has 1 aliphatic rings. The third-order valence-electron chi connectivity index (χ3n) is 3.16. The summed E-state index contributed by atoms with van der Waals surface area (Å²) in [5.74, 6) is 1.72. The minimum atomic E-state index is 0.237. The fourth-order valence-corrected chi connectivity index (χ4v) is 2.19. The summed E-state index contributed by atoms with van der Waals surface area (Å²) in [6.07, 6.45) is 0.981. The van der Waals surface area contributed by atoms with Gasteiger partial charge in [0.2, 0.25) is 0 Å². The Morgan fingerprint density at radius 2 is 2.40 bits per heavy atom. The summed E-state index contributed by atoms with van der Waals surface area (Å²) < 4.78 is 5.49. The van der Waals surface area contributed by atoms with Gasteiger partial charge in [-0.3, -0.25) is 0 Å². The molecule has 0 radical (unpaired) electrons. The molecule has 0 saturated heterocycles. The van der Waals surface area contributed by atoms with Gasteiger partial charge in [0.1, 0.15) is 0 Å². The van der Waals surface area contributed by atoms with Gasteiger partial charge in [-0.2, -0.15) is 0 Å². The van der Waals surface area contributed by atoms with Crippen molar-refractivity contribution in [3.63, 3.8) is 0 Å². The number of nitrogens with two attached hydrogens (primary N) is 1. The first-order valence-corrected chi connectivity index (χ1v) is 5.38. The van der Waals surface area contributed by atoms with Gasteiger partial charge in [0.25, 0.3) is 0 Å². The molecule has 1 aliphatic heterocycles. The molecule has 1 aromatic carbocycles. The van der Waals surface area contributed by atoms with E-state index in [1.54, 1.807) is 6.07 Å². The number of ether oxygens (including phenoxy) is 1. The van der Waals surface area contributed by atoms with E-state index >= 15 is 0 Å². The van der Waals surface area contributed by atoms with Crippen LogP contribution >= 0.6 is 0 Å². The van der Waals surface area contributed by atoms with Crippen LogP contribution in [-0.2, 0) is 0 Å². The zero-order chi connectivity index (χ0) is 10.8. The Bertz CT molecular complexity index is 351. The molecule has 1 aromatic rings. The van der Waals surface area contributed by atoms with Crippen molar-refractivity contribution in [2.24, 2.45) is 11.7 Å². The Hall–Kier alpha value is -1.22. The average molecular weight is 207 g/mol. The lowest BCUT2D eigenvalue weighted by molar-refractivity contribution is 0.234. The number of aromatic hydroxyl groups is 1. The first-order chi connectivity index (χ1) is 7.24. The van der Waals surface area contributed by atoms with E-state index in [1.807, 2.05) is 12.1 Å². The van der Waals surface area contributed by atoms with Crippen LogP contribution in [0.5, 0.6) is 11.5 Å². The highest BCUT2D eigenvalue weighted by Gasteiger charge is 2.27. The summed E-state index contributed by atoms with van der Waals surface area (Å²) in [6, 6.07) is 5.54. The zero-order valence-corrected chi connectivity index (χ0v) is 8.94. The van der Waals surface area contributed by atoms with Crippen molar-refractivity contribution in [2.75, 3.05) is 13.2 Å². The standard InChI is InChI=1S/C12H17NO2/c1-8(7-13)9-5-6-15-12-10(9)3-2-4-11(12)14/h2-4,8-9,14H,5-7,13H2,1H3. The van der Waals surface area contributed by atoms with E-state index < -0.39 is 0 Å². The predicted molar refractivity (Wildman–Crippen MR) is 59.2 cm³/mol. The fraction of sp³-hybridized carbons (Fsp3) is 0.500. The number of hydrogen-bond acceptors (Lipinski definition) is 3. The summed E-state index contributed by atoms with van der Waals surface area (Å²) >= 11 is 0. The summed E-state index contributed by atoms with van der Waals surface area (Å²) in [5, 5.41) is 9.67. The fourth-order valence-electron chi connectivity index (χ4n) is 2.19. The number of rotatable bonds is 2. The number of benzene rings is 1. The Morgan fingerprint density at radius 3 is 3.13 bits per heavy atom. The third-order valence-corrected chi connectivity index (χ3v) is 3.16. The van der Waals surface area contributed by atoms with Crippen molar-refractivity contribution in [3.05, 3.63) is 23.8 Å². The average Bonchev–Trinajstić information content (AvgIpc) is 2.28. The van der Waals surface area contributed by atoms with Gasteiger partial charge >= 0.3 is 0 Å². The maximum atomic E-state index is 9.67. The first-order valence-electron chi connectivity index (χ1n) is 5.38. The van der Waals surface area contributed by atoms with Crippen LogP contribution in [0, 0.1) is 5.92 Å². The van der Waals surface area contributed by atoms with Crippen molar-refractivity contribution >= 4 is 0 Å². The van der Waals surface area contributed by atoms with Crippen LogP contribution in [0.25, 0.3) is 0 Å². The van der Waals surface area contributed by atoms with Crippen molar-refractivity contribution in [2.45, 2.75) is 19.3 Å². The maximum absolute atomic E-state index is 9.67. The van der Waals surface area contributed by atoms with E-state index in [9.17, 15) is 5.11 Å². The molecule has 0 aromatic heterocycles. The van der Waals surface area contributed by atoms with Gasteiger partial charge in [-0.15, -0.1) is 0 Å². The molecule has 0 spiro atoms. The monoisotopic (exact) mass is 207 g/mol. The molecule has 3 N–H and O–H groups in total. The van der Waals surface area contributed by atoms with Crippen molar-refractivity contribution in [1.29, 1.82) is 0 Å². The molecule has 82 valence electrons. The van der Waals surface area contributed by atoms with E-state index in [4.69, 9.17) is 10.5 Å². The summed E-state index contributed by atoms with van der Waals surface area (Å²) in [6.45, 7) is 3.48. The number of phenols is 1. The molecule has 2 unspecified atom stereocenters. The second-order valence-corrected chi connectivity index (χ2v) is 4.15. The lowest BCUT2D eigenvalue weighted by Gasteiger charge is -2.30. The number of fused-ring (bicyclic) bond motifs is 1. The Morgan fingerprint density at radius 1 is 1.60 bits per heavy atom. The van der Waals surface area contributed by atoms with E-state index in [2.05, 4.69) is 6.92 Å². The van der Waals surface area contributed by atoms with Gasteiger partial charge in [-0.05, 0) is 30.9 Å². The minimum Gasteiger partial charge on any atom is -0.504 e. The number of para-hydroxylation sites is 1. The van der Waals surface area contributed by atoms with Crippen LogP contribution < -0.4 is 10.5 Å². The smallest absolute Gasteiger partial charge is 0.164 e. The van der Waals surface area contributed by atoms with Crippen LogP contribution in [0.4, 0.5) is 0 Å². The maximum Gasteiger partial charge on any atom is 0.164 e. The van der Waals surface area contributed by atoms with Crippen molar-refractivity contribution < 1.29 is 9.84 Å². The molecule has 2 rings (SSSR count). The number of phenolic OH excluding ortho intramolecular Hbond substituents is 1. The molecular weight excluding hydrogens is 190 g/mol. The highest BCUT2D eigenvalue weighted by Crippen LogP contribution is 2.42. The van der Waals surface area contributed by atoms with Crippen LogP contribution in [0.15, 0.2) is 18.2 Å². The molecule has 2 atom stereocenters. The quantitative estimate of drug-likeness (QED) is 0.778. The molecule has 0 saturated carbocycles. The van der Waals surface area contributed by atoms with Crippen LogP contribution in [0.1, 0.15) is 24.8 Å². The lowest BCUT2D eigenvalue weighted by atomic mass is 9.83. The van der Waals surface area contributed by atoms with Gasteiger partial charge in [0.05, 0.1) is 6.61 Å². The Labute approximate surface area is 89.9 Å². The second-order valence-electron chi connectivity index (χ2n) is 4.15. The summed E-state index contributed by atoms with van der Waals surface area (Å²) in [4.78, 5) is 0. The molecule has 3 nitrogen and oxygen atoms in total. The topological polar surface area (TPSA) is 55.5 Å². The molecule has 3 heteroatoms. The molecule has 0 aliphatic carbocycles. The normalized spacial score (nSPS) is 21.6. The summed E-state index contributed by atoms with van der Waals surface area (Å²) in [7, 11) is 0. The lowest BCUT2D eigenvalue weighted by Crippen LogP contribution is -2.24. The van der Waals surface area contributed by atoms with E-state index in [-0.39, 0.29) is 5.75 Å². The number of hydrogen-bond donors (Lipinski definition) is 2. The Balaban J connectivity index is 2.38. The van der Waals surface area contributed by atoms with Crippen molar-refractivity contribution in [1.82, 2.24) is 0 Å². The predicted octanol–water partition coefficient (Wildman–Crippen LogP) is 1.85. The van der Waals surface area contributed by atoms with E-state index in [0.717, 1.165) is 12.0 Å². The van der Waals surface area contributed by atoms with Gasteiger partial charge in [-0.25, -0.2) is 0 Å². The molecule has 1 heterocycles. The molecule has 0 bridgehead atoms. The SMILES string of the molecule is CC(CN)C1CCOc2c(O)cccc21. The molecule has 0 amide bonds. The molecule has 15 heavy (non-hydrogen) atoms.